The van der Waals surface area contributed by atoms with Gasteiger partial charge in [-0.05, 0) is 19.9 Å². The number of hydrogen-bond donors (Lipinski definition) is 1. The van der Waals surface area contributed by atoms with Gasteiger partial charge in [0, 0.05) is 12.5 Å². The van der Waals surface area contributed by atoms with Crippen molar-refractivity contribution in [1.29, 1.82) is 0 Å². The Morgan fingerprint density at radius 3 is 2.62 bits per heavy atom. The number of carbonyl (C=O) groups excluding carboxylic acids is 2. The minimum atomic E-state index is -0.160. The number of ketones is 1. The summed E-state index contributed by atoms with van der Waals surface area (Å²) in [5, 5.41) is 2.68. The molecule has 13 heavy (non-hydrogen) atoms. The van der Waals surface area contributed by atoms with Gasteiger partial charge in [-0.1, -0.05) is 6.82 Å². The van der Waals surface area contributed by atoms with Crippen LogP contribution in [0.4, 0.5) is 0 Å². The molecule has 0 aromatic heterocycles. The summed E-state index contributed by atoms with van der Waals surface area (Å²) in [4.78, 5) is 21.7. The van der Waals surface area contributed by atoms with E-state index in [0.717, 1.165) is 0 Å². The molecule has 1 N–H and O–H groups in total. The van der Waals surface area contributed by atoms with Gasteiger partial charge < -0.3 is 5.32 Å². The largest absolute Gasteiger partial charge is 0.350 e. The molecular weight excluding hydrogens is 165 g/mol. The maximum atomic E-state index is 11.1. The molecule has 4 heteroatoms. The first-order valence-corrected chi connectivity index (χ1v) is 4.32. The Labute approximate surface area is 79.8 Å². The molecule has 0 heterocycles. The molecule has 0 aromatic carbocycles. The molecule has 0 bridgehead atoms. The van der Waals surface area contributed by atoms with E-state index >= 15 is 0 Å². The number of amides is 1. The molecule has 0 aliphatic carbocycles. The second kappa shape index (κ2) is 6.46. The lowest BCUT2D eigenvalue weighted by Crippen LogP contribution is -2.32. The Morgan fingerprint density at radius 2 is 2.15 bits per heavy atom. The predicted molar refractivity (Wildman–Crippen MR) is 53.7 cm³/mol. The van der Waals surface area contributed by atoms with Crippen LogP contribution >= 0.6 is 0 Å². The minimum Gasteiger partial charge on any atom is -0.350 e. The van der Waals surface area contributed by atoms with E-state index in [1.807, 2.05) is 13.7 Å². The summed E-state index contributed by atoms with van der Waals surface area (Å²) in [6, 6.07) is -0.0912. The van der Waals surface area contributed by atoms with Gasteiger partial charge in [-0.25, -0.2) is 0 Å². The van der Waals surface area contributed by atoms with Crippen LogP contribution in [0.5, 0.6) is 0 Å². The Morgan fingerprint density at radius 1 is 1.54 bits per heavy atom. The number of carbonyl (C=O) groups is 2. The van der Waals surface area contributed by atoms with Crippen molar-refractivity contribution in [3.8, 4) is 0 Å². The van der Waals surface area contributed by atoms with Crippen molar-refractivity contribution in [2.24, 2.45) is 0 Å². The highest BCUT2D eigenvalue weighted by Crippen LogP contribution is 1.91. The lowest BCUT2D eigenvalue weighted by Gasteiger charge is -2.09. The monoisotopic (exact) mass is 180 g/mol. The molecule has 0 aliphatic heterocycles. The maximum absolute atomic E-state index is 11.1. The molecule has 1 radical (unpaired) electrons. The molecule has 0 rings (SSSR count). The van der Waals surface area contributed by atoms with E-state index in [4.69, 9.17) is 0 Å². The SMILES string of the molecule is C[B]/C=C/C(=O)NC(C)CC(C)=O. The highest BCUT2D eigenvalue weighted by atomic mass is 16.1. The summed E-state index contributed by atoms with van der Waals surface area (Å²) in [6.07, 6.45) is 1.83. The minimum absolute atomic E-state index is 0.0823. The third-order valence-electron chi connectivity index (χ3n) is 1.42. The average molecular weight is 180 g/mol. The first-order valence-electron chi connectivity index (χ1n) is 4.32. The average Bonchev–Trinajstić information content (AvgIpc) is 1.98. The quantitative estimate of drug-likeness (QED) is 0.500. The van der Waals surface area contributed by atoms with Gasteiger partial charge >= 0.3 is 0 Å². The summed E-state index contributed by atoms with van der Waals surface area (Å²) < 4.78 is 0. The highest BCUT2D eigenvalue weighted by Gasteiger charge is 2.06. The summed E-state index contributed by atoms with van der Waals surface area (Å²) in [7, 11) is 1.77. The zero-order valence-corrected chi connectivity index (χ0v) is 8.33. The number of hydrogen-bond acceptors (Lipinski definition) is 2. The van der Waals surface area contributed by atoms with Crippen molar-refractivity contribution in [3.05, 3.63) is 12.1 Å². The zero-order chi connectivity index (χ0) is 10.3. The van der Waals surface area contributed by atoms with Crippen LogP contribution in [-0.2, 0) is 9.59 Å². The van der Waals surface area contributed by atoms with Crippen molar-refractivity contribution in [3.63, 3.8) is 0 Å². The molecule has 0 aliphatic rings. The fourth-order valence-corrected chi connectivity index (χ4v) is 0.957. The fraction of sp³-hybridized carbons (Fsp3) is 0.556. The molecule has 0 aromatic rings. The van der Waals surface area contributed by atoms with Crippen molar-refractivity contribution < 1.29 is 9.59 Å². The van der Waals surface area contributed by atoms with Crippen LogP contribution in [-0.4, -0.2) is 25.0 Å². The second-order valence-electron chi connectivity index (χ2n) is 3.01. The van der Waals surface area contributed by atoms with Crippen molar-refractivity contribution >= 4 is 19.0 Å². The summed E-state index contributed by atoms with van der Waals surface area (Å²) >= 11 is 0. The number of nitrogens with one attached hydrogen (secondary N) is 1. The Bertz CT molecular complexity index is 214. The molecule has 1 amide bonds. The van der Waals surface area contributed by atoms with Crippen molar-refractivity contribution in [2.45, 2.75) is 33.1 Å². The van der Waals surface area contributed by atoms with E-state index in [-0.39, 0.29) is 17.7 Å². The van der Waals surface area contributed by atoms with E-state index in [2.05, 4.69) is 5.32 Å². The smallest absolute Gasteiger partial charge is 0.243 e. The van der Waals surface area contributed by atoms with E-state index in [1.165, 1.54) is 13.0 Å². The van der Waals surface area contributed by atoms with Crippen molar-refractivity contribution in [1.82, 2.24) is 5.32 Å². The first kappa shape index (κ1) is 11.9. The molecule has 3 nitrogen and oxygen atoms in total. The topological polar surface area (TPSA) is 46.2 Å². The summed E-state index contributed by atoms with van der Waals surface area (Å²) in [5.41, 5.74) is 0. The van der Waals surface area contributed by atoms with Gasteiger partial charge in [0.05, 0.1) is 0 Å². The van der Waals surface area contributed by atoms with Gasteiger partial charge in [-0.3, -0.25) is 9.59 Å². The molecule has 0 fully saturated rings. The number of rotatable bonds is 5. The van der Waals surface area contributed by atoms with E-state index in [0.29, 0.717) is 6.42 Å². The highest BCUT2D eigenvalue weighted by molar-refractivity contribution is 6.40. The van der Waals surface area contributed by atoms with Crippen LogP contribution in [0, 0.1) is 0 Å². The standard InChI is InChI=1S/C9H15BNO2/c1-7(6-8(2)12)11-9(13)4-5-10-3/h4-5,7H,6H2,1-3H3,(H,11,13)/b5-4+. The van der Waals surface area contributed by atoms with Crippen LogP contribution in [0.25, 0.3) is 0 Å². The van der Waals surface area contributed by atoms with E-state index < -0.39 is 0 Å². The Hall–Kier alpha value is -1.06. The lowest BCUT2D eigenvalue weighted by atomic mass is 9.82. The fourth-order valence-electron chi connectivity index (χ4n) is 0.957. The molecule has 1 atom stereocenters. The van der Waals surface area contributed by atoms with Gasteiger partial charge in [0.1, 0.15) is 13.1 Å². The second-order valence-corrected chi connectivity index (χ2v) is 3.01. The molecule has 71 valence electrons. The van der Waals surface area contributed by atoms with Crippen LogP contribution in [0.3, 0.4) is 0 Å². The van der Waals surface area contributed by atoms with Gasteiger partial charge in [0.15, 0.2) is 0 Å². The van der Waals surface area contributed by atoms with Gasteiger partial charge in [0.25, 0.3) is 0 Å². The van der Waals surface area contributed by atoms with Crippen LogP contribution in [0.1, 0.15) is 20.3 Å². The maximum Gasteiger partial charge on any atom is 0.243 e. The molecule has 0 saturated carbocycles. The lowest BCUT2D eigenvalue weighted by molar-refractivity contribution is -0.118. The van der Waals surface area contributed by atoms with Crippen LogP contribution in [0.2, 0.25) is 6.82 Å². The normalized spacial score (nSPS) is 12.5. The van der Waals surface area contributed by atoms with Crippen LogP contribution in [0.15, 0.2) is 12.1 Å². The molecule has 1 unspecified atom stereocenters. The predicted octanol–water partition coefficient (Wildman–Crippen LogP) is 0.736. The van der Waals surface area contributed by atoms with Gasteiger partial charge in [-0.2, -0.15) is 0 Å². The van der Waals surface area contributed by atoms with Crippen LogP contribution < -0.4 is 5.32 Å². The third kappa shape index (κ3) is 7.31. The first-order chi connectivity index (χ1) is 6.06. The molecule has 0 saturated heterocycles. The Balaban J connectivity index is 3.78. The third-order valence-corrected chi connectivity index (χ3v) is 1.42. The Kier molecular flexibility index (Phi) is 5.94. The van der Waals surface area contributed by atoms with E-state index in [1.54, 1.807) is 13.3 Å². The zero-order valence-electron chi connectivity index (χ0n) is 8.33. The van der Waals surface area contributed by atoms with Crippen molar-refractivity contribution in [2.75, 3.05) is 0 Å². The molecular formula is C9H15BNO2. The summed E-state index contributed by atoms with van der Waals surface area (Å²) in [5.74, 6) is 1.58. The van der Waals surface area contributed by atoms with Gasteiger partial charge in [-0.15, -0.1) is 5.98 Å². The van der Waals surface area contributed by atoms with Gasteiger partial charge in [0.2, 0.25) is 5.91 Å². The number of Topliss-reactive ketones (excluding diaryl/α,β-unsaturated/α-hetero) is 1. The molecule has 0 spiro atoms. The summed E-state index contributed by atoms with van der Waals surface area (Å²) in [6.45, 7) is 5.16. The van der Waals surface area contributed by atoms with E-state index in [9.17, 15) is 9.59 Å².